The Bertz CT molecular complexity index is 518. The molecule has 0 aliphatic carbocycles. The molecule has 0 saturated heterocycles. The van der Waals surface area contributed by atoms with Gasteiger partial charge in [0.2, 0.25) is 5.28 Å². The molecule has 5 nitrogen and oxygen atoms in total. The number of aromatic nitrogens is 4. The van der Waals surface area contributed by atoms with Crippen LogP contribution in [-0.4, -0.2) is 27.0 Å². The Hall–Kier alpha value is -1.75. The van der Waals surface area contributed by atoms with Gasteiger partial charge in [0.25, 0.3) is 0 Å². The molecule has 0 radical (unpaired) electrons. The number of nitrogens with zero attached hydrogens (tertiary/aromatic N) is 4. The highest BCUT2D eigenvalue weighted by atomic mass is 35.5. The maximum atomic E-state index is 5.76. The summed E-state index contributed by atoms with van der Waals surface area (Å²) >= 11 is 5.76. The van der Waals surface area contributed by atoms with Crippen LogP contribution in [-0.2, 0) is 0 Å². The molecule has 0 fully saturated rings. The summed E-state index contributed by atoms with van der Waals surface area (Å²) in [6.07, 6.45) is 3.42. The SMILES string of the molecule is COc1nc(Cl)nc(-c2cncc(C)c2)n1. The summed E-state index contributed by atoms with van der Waals surface area (Å²) in [6, 6.07) is 2.11. The van der Waals surface area contributed by atoms with Crippen LogP contribution >= 0.6 is 11.6 Å². The van der Waals surface area contributed by atoms with E-state index >= 15 is 0 Å². The Balaban J connectivity index is 2.51. The molecule has 0 aliphatic rings. The smallest absolute Gasteiger partial charge is 0.321 e. The maximum Gasteiger partial charge on any atom is 0.321 e. The van der Waals surface area contributed by atoms with Gasteiger partial charge in [0, 0.05) is 18.0 Å². The first kappa shape index (κ1) is 10.8. The molecule has 0 spiro atoms. The van der Waals surface area contributed by atoms with E-state index in [1.54, 1.807) is 12.4 Å². The molecular weight excluding hydrogens is 228 g/mol. The second kappa shape index (κ2) is 4.40. The summed E-state index contributed by atoms with van der Waals surface area (Å²) in [5.74, 6) is 0.452. The van der Waals surface area contributed by atoms with E-state index < -0.39 is 0 Å². The van der Waals surface area contributed by atoms with Crippen molar-refractivity contribution in [1.29, 1.82) is 0 Å². The predicted molar refractivity (Wildman–Crippen MR) is 59.4 cm³/mol. The number of rotatable bonds is 2. The second-order valence-electron chi connectivity index (χ2n) is 3.17. The van der Waals surface area contributed by atoms with Crippen LogP contribution in [0.4, 0.5) is 0 Å². The van der Waals surface area contributed by atoms with Crippen LogP contribution in [0.1, 0.15) is 5.56 Å². The molecule has 0 saturated carbocycles. The molecule has 6 heteroatoms. The van der Waals surface area contributed by atoms with Crippen molar-refractivity contribution in [2.45, 2.75) is 6.92 Å². The summed E-state index contributed by atoms with van der Waals surface area (Å²) in [5, 5.41) is 0.100. The first-order chi connectivity index (χ1) is 7.69. The Labute approximate surface area is 97.5 Å². The van der Waals surface area contributed by atoms with Crippen molar-refractivity contribution in [2.75, 3.05) is 7.11 Å². The first-order valence-electron chi connectivity index (χ1n) is 4.56. The maximum absolute atomic E-state index is 5.76. The third-order valence-electron chi connectivity index (χ3n) is 1.90. The quantitative estimate of drug-likeness (QED) is 0.797. The summed E-state index contributed by atoms with van der Waals surface area (Å²) in [5.41, 5.74) is 1.80. The Morgan fingerprint density at radius 3 is 2.69 bits per heavy atom. The zero-order valence-corrected chi connectivity index (χ0v) is 9.56. The van der Waals surface area contributed by atoms with E-state index in [1.807, 2.05) is 13.0 Å². The van der Waals surface area contributed by atoms with E-state index in [-0.39, 0.29) is 11.3 Å². The van der Waals surface area contributed by atoms with Crippen molar-refractivity contribution in [1.82, 2.24) is 19.9 Å². The van der Waals surface area contributed by atoms with Crippen molar-refractivity contribution in [2.24, 2.45) is 0 Å². The number of hydrogen-bond acceptors (Lipinski definition) is 5. The number of aryl methyl sites for hydroxylation is 1. The molecule has 0 N–H and O–H groups in total. The summed E-state index contributed by atoms with van der Waals surface area (Å²) in [4.78, 5) is 16.0. The van der Waals surface area contributed by atoms with Gasteiger partial charge in [0.1, 0.15) is 0 Å². The molecule has 2 aromatic rings. The minimum atomic E-state index is 0.100. The normalized spacial score (nSPS) is 10.2. The van der Waals surface area contributed by atoms with Gasteiger partial charge in [0.05, 0.1) is 7.11 Å². The predicted octanol–water partition coefficient (Wildman–Crippen LogP) is 1.90. The van der Waals surface area contributed by atoms with E-state index in [0.29, 0.717) is 5.82 Å². The lowest BCUT2D eigenvalue weighted by Crippen LogP contribution is -1.98. The van der Waals surface area contributed by atoms with Gasteiger partial charge >= 0.3 is 6.01 Å². The van der Waals surface area contributed by atoms with Crippen LogP contribution in [0.3, 0.4) is 0 Å². The molecule has 0 unspecified atom stereocenters. The lowest BCUT2D eigenvalue weighted by Gasteiger charge is -2.03. The van der Waals surface area contributed by atoms with Crippen LogP contribution < -0.4 is 4.74 Å². The largest absolute Gasteiger partial charge is 0.467 e. The van der Waals surface area contributed by atoms with Crippen LogP contribution in [0.5, 0.6) is 6.01 Å². The van der Waals surface area contributed by atoms with Crippen molar-refractivity contribution in [3.8, 4) is 17.4 Å². The van der Waals surface area contributed by atoms with E-state index in [1.165, 1.54) is 7.11 Å². The summed E-state index contributed by atoms with van der Waals surface area (Å²) < 4.78 is 4.92. The standard InChI is InChI=1S/C10H9ClN4O/c1-6-3-7(5-12-4-6)8-13-9(11)15-10(14-8)16-2/h3-5H,1-2H3. The van der Waals surface area contributed by atoms with Gasteiger partial charge in [-0.15, -0.1) is 0 Å². The zero-order chi connectivity index (χ0) is 11.5. The van der Waals surface area contributed by atoms with E-state index in [9.17, 15) is 0 Å². The van der Waals surface area contributed by atoms with Gasteiger partial charge in [-0.05, 0) is 30.2 Å². The van der Waals surface area contributed by atoms with Gasteiger partial charge in [-0.3, -0.25) is 4.98 Å². The third kappa shape index (κ3) is 2.25. The molecule has 16 heavy (non-hydrogen) atoms. The van der Waals surface area contributed by atoms with Gasteiger partial charge in [-0.2, -0.15) is 15.0 Å². The zero-order valence-electron chi connectivity index (χ0n) is 8.81. The second-order valence-corrected chi connectivity index (χ2v) is 3.50. The fourth-order valence-electron chi connectivity index (χ4n) is 1.23. The topological polar surface area (TPSA) is 60.8 Å². The van der Waals surface area contributed by atoms with Crippen molar-refractivity contribution in [3.05, 3.63) is 29.3 Å². The average molecular weight is 237 g/mol. The molecular formula is C10H9ClN4O. The lowest BCUT2D eigenvalue weighted by atomic mass is 10.2. The van der Waals surface area contributed by atoms with E-state index in [0.717, 1.165) is 11.1 Å². The minimum absolute atomic E-state index is 0.100. The highest BCUT2D eigenvalue weighted by Gasteiger charge is 2.07. The Morgan fingerprint density at radius 2 is 2.00 bits per heavy atom. The van der Waals surface area contributed by atoms with Crippen LogP contribution in [0, 0.1) is 6.92 Å². The Kier molecular flexibility index (Phi) is 2.96. The number of halogens is 1. The van der Waals surface area contributed by atoms with Crippen molar-refractivity contribution < 1.29 is 4.74 Å². The van der Waals surface area contributed by atoms with E-state index in [4.69, 9.17) is 16.3 Å². The van der Waals surface area contributed by atoms with Gasteiger partial charge in [0.15, 0.2) is 5.82 Å². The highest BCUT2D eigenvalue weighted by molar-refractivity contribution is 6.28. The van der Waals surface area contributed by atoms with Crippen LogP contribution in [0.15, 0.2) is 18.5 Å². The molecule has 0 bridgehead atoms. The molecule has 2 heterocycles. The molecule has 0 atom stereocenters. The number of pyridine rings is 1. The number of methoxy groups -OCH3 is 1. The van der Waals surface area contributed by atoms with Gasteiger partial charge in [-0.1, -0.05) is 0 Å². The van der Waals surface area contributed by atoms with Crippen LogP contribution in [0.25, 0.3) is 11.4 Å². The Morgan fingerprint density at radius 1 is 1.19 bits per heavy atom. The molecule has 2 rings (SSSR count). The number of hydrogen-bond donors (Lipinski definition) is 0. The van der Waals surface area contributed by atoms with Gasteiger partial charge in [-0.25, -0.2) is 0 Å². The molecule has 0 aromatic carbocycles. The number of ether oxygens (including phenoxy) is 1. The minimum Gasteiger partial charge on any atom is -0.467 e. The van der Waals surface area contributed by atoms with Crippen LogP contribution in [0.2, 0.25) is 5.28 Å². The van der Waals surface area contributed by atoms with E-state index in [2.05, 4.69) is 19.9 Å². The monoisotopic (exact) mass is 236 g/mol. The molecule has 0 aliphatic heterocycles. The van der Waals surface area contributed by atoms with Crippen molar-refractivity contribution in [3.63, 3.8) is 0 Å². The average Bonchev–Trinajstić information content (AvgIpc) is 2.28. The molecule has 82 valence electrons. The fraction of sp³-hybridized carbons (Fsp3) is 0.200. The first-order valence-corrected chi connectivity index (χ1v) is 4.94. The molecule has 0 amide bonds. The highest BCUT2D eigenvalue weighted by Crippen LogP contribution is 2.18. The molecule has 2 aromatic heterocycles. The van der Waals surface area contributed by atoms with Crippen molar-refractivity contribution >= 4 is 11.6 Å². The lowest BCUT2D eigenvalue weighted by molar-refractivity contribution is 0.379. The summed E-state index contributed by atoms with van der Waals surface area (Å²) in [6.45, 7) is 1.94. The summed E-state index contributed by atoms with van der Waals surface area (Å²) in [7, 11) is 1.48. The van der Waals surface area contributed by atoms with Gasteiger partial charge < -0.3 is 4.74 Å². The fourth-order valence-corrected chi connectivity index (χ4v) is 1.38. The third-order valence-corrected chi connectivity index (χ3v) is 2.07.